The van der Waals surface area contributed by atoms with E-state index in [0.717, 1.165) is 0 Å². The van der Waals surface area contributed by atoms with Gasteiger partial charge in [-0.1, -0.05) is 6.58 Å². The van der Waals surface area contributed by atoms with E-state index in [1.807, 2.05) is 0 Å². The van der Waals surface area contributed by atoms with Gasteiger partial charge in [-0.25, -0.2) is 9.80 Å². The van der Waals surface area contributed by atoms with Gasteiger partial charge >= 0.3 is 5.97 Å². The Hall–Kier alpha value is -1.03. The molecule has 0 aromatic carbocycles. The van der Waals surface area contributed by atoms with Crippen LogP contribution in [0, 0.1) is 0 Å². The Labute approximate surface area is 66.8 Å². The summed E-state index contributed by atoms with van der Waals surface area (Å²) in [6.07, 6.45) is 0. The van der Waals surface area contributed by atoms with Crippen LogP contribution in [-0.2, 0) is 9.53 Å². The monoisotopic (exact) mass is 158 g/mol. The van der Waals surface area contributed by atoms with Gasteiger partial charge in [-0.2, -0.15) is 0 Å². The molecule has 0 rings (SSSR count). The zero-order valence-electron chi connectivity index (χ0n) is 7.18. The molecule has 0 aliphatic heterocycles. The summed E-state index contributed by atoms with van der Waals surface area (Å²) in [7, 11) is 3.54. The lowest BCUT2D eigenvalue weighted by atomic mass is 10.5. The molecule has 0 unspecified atom stereocenters. The fourth-order valence-corrected chi connectivity index (χ4v) is 0.534. The van der Waals surface area contributed by atoms with E-state index in [2.05, 4.69) is 16.7 Å². The van der Waals surface area contributed by atoms with Gasteiger partial charge in [-0.3, -0.25) is 0 Å². The number of nitrogens with one attached hydrogen (secondary N) is 1. The lowest BCUT2D eigenvalue weighted by Gasteiger charge is -2.13. The number of carbonyl (C=O) groups excluding carboxylic acids is 1. The molecule has 0 atom stereocenters. The van der Waals surface area contributed by atoms with E-state index in [0.29, 0.717) is 6.61 Å². The zero-order valence-corrected chi connectivity index (χ0v) is 7.18. The van der Waals surface area contributed by atoms with Gasteiger partial charge in [-0.05, 0) is 6.92 Å². The number of carbonyl (C=O) groups is 1. The summed E-state index contributed by atoms with van der Waals surface area (Å²) in [5.74, 6) is -0.416. The molecule has 0 bridgehead atoms. The van der Waals surface area contributed by atoms with Crippen LogP contribution in [0.1, 0.15) is 6.92 Å². The maximum atomic E-state index is 10.9. The third-order valence-corrected chi connectivity index (χ3v) is 0.880. The van der Waals surface area contributed by atoms with Crippen molar-refractivity contribution in [2.75, 3.05) is 20.7 Å². The number of ether oxygens (including phenoxy) is 1. The highest BCUT2D eigenvalue weighted by Gasteiger charge is 2.06. The average Bonchev–Trinajstić information content (AvgIpc) is 1.86. The quantitative estimate of drug-likeness (QED) is 0.359. The topological polar surface area (TPSA) is 41.6 Å². The summed E-state index contributed by atoms with van der Waals surface area (Å²) in [5, 5.41) is 1.62. The number of nitrogens with zero attached hydrogens (tertiary/aromatic N) is 1. The van der Waals surface area contributed by atoms with Gasteiger partial charge in [0.05, 0.1) is 6.61 Å². The molecule has 0 fully saturated rings. The number of hydrazine groups is 1. The molecule has 11 heavy (non-hydrogen) atoms. The summed E-state index contributed by atoms with van der Waals surface area (Å²) in [4.78, 5) is 10.9. The largest absolute Gasteiger partial charge is 0.461 e. The summed E-state index contributed by atoms with van der Waals surface area (Å²) >= 11 is 0. The summed E-state index contributed by atoms with van der Waals surface area (Å²) in [6, 6.07) is 0. The first-order valence-corrected chi connectivity index (χ1v) is 3.38. The lowest BCUT2D eigenvalue weighted by molar-refractivity contribution is -0.139. The third kappa shape index (κ3) is 4.38. The molecule has 0 saturated carbocycles. The van der Waals surface area contributed by atoms with Crippen LogP contribution in [0.15, 0.2) is 12.3 Å². The maximum absolute atomic E-state index is 10.9. The van der Waals surface area contributed by atoms with Gasteiger partial charge in [0.15, 0.2) is 0 Å². The molecule has 0 aromatic heterocycles. The predicted molar refractivity (Wildman–Crippen MR) is 42.6 cm³/mol. The molecular formula is C7H14N2O2. The van der Waals surface area contributed by atoms with E-state index in [-0.39, 0.29) is 5.70 Å². The van der Waals surface area contributed by atoms with Crippen LogP contribution in [-0.4, -0.2) is 31.7 Å². The van der Waals surface area contributed by atoms with Gasteiger partial charge in [0.1, 0.15) is 5.70 Å². The van der Waals surface area contributed by atoms with E-state index < -0.39 is 5.97 Å². The highest BCUT2D eigenvalue weighted by molar-refractivity contribution is 5.86. The first-order chi connectivity index (χ1) is 5.07. The first-order valence-electron chi connectivity index (χ1n) is 3.38. The second kappa shape index (κ2) is 4.73. The van der Waals surface area contributed by atoms with Crippen LogP contribution >= 0.6 is 0 Å². The minimum atomic E-state index is -0.416. The van der Waals surface area contributed by atoms with E-state index >= 15 is 0 Å². The van der Waals surface area contributed by atoms with Crippen LogP contribution in [0.2, 0.25) is 0 Å². The van der Waals surface area contributed by atoms with E-state index in [9.17, 15) is 4.79 Å². The van der Waals surface area contributed by atoms with Crippen molar-refractivity contribution in [3.05, 3.63) is 12.3 Å². The van der Waals surface area contributed by atoms with Crippen molar-refractivity contribution in [3.8, 4) is 0 Å². The van der Waals surface area contributed by atoms with Crippen molar-refractivity contribution in [1.29, 1.82) is 0 Å². The Morgan fingerprint density at radius 2 is 2.18 bits per heavy atom. The fourth-order valence-electron chi connectivity index (χ4n) is 0.534. The average molecular weight is 158 g/mol. The molecule has 0 spiro atoms. The first kappa shape index (κ1) is 9.97. The van der Waals surface area contributed by atoms with E-state index in [1.54, 1.807) is 26.0 Å². The van der Waals surface area contributed by atoms with Gasteiger partial charge in [0, 0.05) is 14.1 Å². The Morgan fingerprint density at radius 3 is 2.55 bits per heavy atom. The minimum absolute atomic E-state index is 0.247. The van der Waals surface area contributed by atoms with Crippen molar-refractivity contribution in [2.24, 2.45) is 0 Å². The molecule has 4 nitrogen and oxygen atoms in total. The van der Waals surface area contributed by atoms with Crippen molar-refractivity contribution in [1.82, 2.24) is 10.4 Å². The van der Waals surface area contributed by atoms with Gasteiger partial charge in [0.25, 0.3) is 0 Å². The lowest BCUT2D eigenvalue weighted by Crippen LogP contribution is -2.33. The Balaban J connectivity index is 3.74. The summed E-state index contributed by atoms with van der Waals surface area (Å²) in [5.41, 5.74) is 2.94. The second-order valence-corrected chi connectivity index (χ2v) is 2.21. The molecule has 0 aliphatic carbocycles. The predicted octanol–water partition coefficient (Wildman–Crippen LogP) is 0.129. The molecule has 64 valence electrons. The van der Waals surface area contributed by atoms with Crippen molar-refractivity contribution in [2.45, 2.75) is 6.92 Å². The second-order valence-electron chi connectivity index (χ2n) is 2.21. The van der Waals surface area contributed by atoms with Crippen LogP contribution < -0.4 is 5.43 Å². The standard InChI is InChI=1S/C7H14N2O2/c1-5-11-7(10)6(2)8-9(3)4/h8H,2,5H2,1,3-4H3. The summed E-state index contributed by atoms with van der Waals surface area (Å²) < 4.78 is 4.68. The number of esters is 1. The Morgan fingerprint density at radius 1 is 1.64 bits per heavy atom. The normalized spacial score (nSPS) is 9.45. The van der Waals surface area contributed by atoms with Gasteiger partial charge in [-0.15, -0.1) is 0 Å². The number of hydrogen-bond acceptors (Lipinski definition) is 4. The Bertz CT molecular complexity index is 155. The molecule has 0 amide bonds. The highest BCUT2D eigenvalue weighted by atomic mass is 16.5. The van der Waals surface area contributed by atoms with Crippen molar-refractivity contribution in [3.63, 3.8) is 0 Å². The van der Waals surface area contributed by atoms with Crippen molar-refractivity contribution < 1.29 is 9.53 Å². The fraction of sp³-hybridized carbons (Fsp3) is 0.571. The van der Waals surface area contributed by atoms with Crippen LogP contribution in [0.4, 0.5) is 0 Å². The molecule has 0 radical (unpaired) electrons. The molecule has 1 N–H and O–H groups in total. The SMILES string of the molecule is C=C(NN(C)C)C(=O)OCC. The molecule has 0 aliphatic rings. The highest BCUT2D eigenvalue weighted by Crippen LogP contribution is 1.89. The molecule has 0 heterocycles. The minimum Gasteiger partial charge on any atom is -0.461 e. The smallest absolute Gasteiger partial charge is 0.355 e. The summed E-state index contributed by atoms with van der Waals surface area (Å²) in [6.45, 7) is 5.60. The van der Waals surface area contributed by atoms with Crippen LogP contribution in [0.5, 0.6) is 0 Å². The van der Waals surface area contributed by atoms with E-state index in [4.69, 9.17) is 0 Å². The molecular weight excluding hydrogens is 144 g/mol. The zero-order chi connectivity index (χ0) is 8.85. The molecule has 0 saturated heterocycles. The van der Waals surface area contributed by atoms with Gasteiger partial charge < -0.3 is 10.2 Å². The number of rotatable bonds is 4. The van der Waals surface area contributed by atoms with Crippen LogP contribution in [0.3, 0.4) is 0 Å². The number of hydrogen-bond donors (Lipinski definition) is 1. The van der Waals surface area contributed by atoms with Crippen molar-refractivity contribution >= 4 is 5.97 Å². The van der Waals surface area contributed by atoms with Crippen LogP contribution in [0.25, 0.3) is 0 Å². The van der Waals surface area contributed by atoms with Gasteiger partial charge in [0.2, 0.25) is 0 Å². The molecule has 0 aromatic rings. The maximum Gasteiger partial charge on any atom is 0.355 e. The van der Waals surface area contributed by atoms with E-state index in [1.165, 1.54) is 0 Å². The molecule has 4 heteroatoms. The Kier molecular flexibility index (Phi) is 4.29. The third-order valence-electron chi connectivity index (χ3n) is 0.880.